The van der Waals surface area contributed by atoms with Crippen LogP contribution in [0.1, 0.15) is 24.7 Å². The van der Waals surface area contributed by atoms with E-state index in [-0.39, 0.29) is 17.0 Å². The van der Waals surface area contributed by atoms with Gasteiger partial charge in [-0.15, -0.1) is 0 Å². The van der Waals surface area contributed by atoms with Gasteiger partial charge in [-0.1, -0.05) is 0 Å². The van der Waals surface area contributed by atoms with Crippen molar-refractivity contribution in [2.24, 2.45) is 0 Å². The average Bonchev–Trinajstić information content (AvgIpc) is 2.69. The molecule has 1 N–H and O–H groups in total. The Morgan fingerprint density at radius 3 is 2.81 bits per heavy atom. The second-order valence-corrected chi connectivity index (χ2v) is 6.97. The molecule has 0 bridgehead atoms. The van der Waals surface area contributed by atoms with Crippen LogP contribution in [-0.4, -0.2) is 25.5 Å². The normalized spacial score (nSPS) is 28.4. The quantitative estimate of drug-likeness (QED) is 0.868. The fraction of sp³-hybridized carbons (Fsp3) is 0.636. The Hall–Kier alpha value is -0.810. The lowest BCUT2D eigenvalue weighted by molar-refractivity contribution is 0.367. The van der Waals surface area contributed by atoms with Gasteiger partial charge in [0.1, 0.15) is 5.76 Å². The van der Waals surface area contributed by atoms with Crippen molar-refractivity contribution in [2.75, 3.05) is 11.5 Å². The van der Waals surface area contributed by atoms with Crippen LogP contribution in [0.25, 0.3) is 0 Å². The maximum absolute atomic E-state index is 11.4. The van der Waals surface area contributed by atoms with E-state index in [2.05, 4.69) is 5.32 Å². The van der Waals surface area contributed by atoms with Crippen molar-refractivity contribution >= 4 is 9.84 Å². The fourth-order valence-electron chi connectivity index (χ4n) is 2.03. The van der Waals surface area contributed by atoms with Crippen LogP contribution in [0.15, 0.2) is 16.7 Å². The summed E-state index contributed by atoms with van der Waals surface area (Å²) in [5.74, 6) is 1.39. The summed E-state index contributed by atoms with van der Waals surface area (Å²) in [5, 5.41) is 3.28. The highest BCUT2D eigenvalue weighted by Gasteiger charge is 2.37. The summed E-state index contributed by atoms with van der Waals surface area (Å²) in [6.45, 7) is 4.52. The topological polar surface area (TPSA) is 59.3 Å². The molecule has 2 rings (SSSR count). The lowest BCUT2D eigenvalue weighted by atomic mass is 10.0. The molecule has 4 nitrogen and oxygen atoms in total. The Balaban J connectivity index is 1.99. The second kappa shape index (κ2) is 3.89. The molecule has 90 valence electrons. The number of aryl methyl sites for hydroxylation is 1. The average molecular weight is 243 g/mol. The van der Waals surface area contributed by atoms with Crippen molar-refractivity contribution in [1.29, 1.82) is 0 Å². The molecule has 5 heteroatoms. The second-order valence-electron chi connectivity index (χ2n) is 4.78. The van der Waals surface area contributed by atoms with Crippen molar-refractivity contribution in [2.45, 2.75) is 32.4 Å². The Bertz CT molecular complexity index is 477. The van der Waals surface area contributed by atoms with Gasteiger partial charge in [0.25, 0.3) is 0 Å². The molecule has 1 fully saturated rings. The Kier molecular flexibility index (Phi) is 2.84. The first-order valence-corrected chi connectivity index (χ1v) is 7.21. The third kappa shape index (κ3) is 2.47. The van der Waals surface area contributed by atoms with Gasteiger partial charge in [0.05, 0.1) is 24.3 Å². The molecule has 0 aliphatic carbocycles. The highest BCUT2D eigenvalue weighted by molar-refractivity contribution is 7.91. The predicted molar refractivity (Wildman–Crippen MR) is 62.0 cm³/mol. The summed E-state index contributed by atoms with van der Waals surface area (Å²) in [4.78, 5) is 0. The van der Waals surface area contributed by atoms with Gasteiger partial charge >= 0.3 is 0 Å². The van der Waals surface area contributed by atoms with E-state index in [1.54, 1.807) is 6.26 Å². The summed E-state index contributed by atoms with van der Waals surface area (Å²) in [7, 11) is -2.85. The van der Waals surface area contributed by atoms with Gasteiger partial charge in [-0.05, 0) is 31.9 Å². The van der Waals surface area contributed by atoms with Crippen molar-refractivity contribution in [3.05, 3.63) is 23.7 Å². The van der Waals surface area contributed by atoms with Gasteiger partial charge in [0.15, 0.2) is 9.84 Å². The molecule has 1 aromatic heterocycles. The third-order valence-corrected chi connectivity index (χ3v) is 5.05. The molecular weight excluding hydrogens is 226 g/mol. The summed E-state index contributed by atoms with van der Waals surface area (Å²) in [5.41, 5.74) is 0.787. The van der Waals surface area contributed by atoms with Gasteiger partial charge in [-0.25, -0.2) is 8.42 Å². The number of hydrogen-bond donors (Lipinski definition) is 1. The van der Waals surface area contributed by atoms with Crippen LogP contribution in [0.3, 0.4) is 0 Å². The summed E-state index contributed by atoms with van der Waals surface area (Å²) < 4.78 is 28.1. The Morgan fingerprint density at radius 1 is 1.56 bits per heavy atom. The van der Waals surface area contributed by atoms with E-state index in [0.29, 0.717) is 13.0 Å². The first kappa shape index (κ1) is 11.7. The molecule has 1 aliphatic rings. The minimum absolute atomic E-state index is 0.222. The van der Waals surface area contributed by atoms with Crippen LogP contribution in [0.5, 0.6) is 0 Å². The molecule has 1 saturated heterocycles. The van der Waals surface area contributed by atoms with Gasteiger partial charge in [0, 0.05) is 5.54 Å². The molecule has 0 spiro atoms. The Morgan fingerprint density at radius 2 is 2.31 bits per heavy atom. The van der Waals surface area contributed by atoms with E-state index in [9.17, 15) is 8.42 Å². The monoisotopic (exact) mass is 243 g/mol. The molecular formula is C11H17NO3S. The van der Waals surface area contributed by atoms with Crippen LogP contribution in [0.4, 0.5) is 0 Å². The third-order valence-electron chi connectivity index (χ3n) is 3.15. The van der Waals surface area contributed by atoms with Crippen molar-refractivity contribution in [1.82, 2.24) is 5.32 Å². The van der Waals surface area contributed by atoms with E-state index in [1.807, 2.05) is 19.9 Å². The van der Waals surface area contributed by atoms with E-state index in [4.69, 9.17) is 4.42 Å². The molecule has 1 aliphatic heterocycles. The molecule has 0 aromatic carbocycles. The smallest absolute Gasteiger partial charge is 0.152 e. The lowest BCUT2D eigenvalue weighted by Gasteiger charge is -2.23. The van der Waals surface area contributed by atoms with E-state index in [0.717, 1.165) is 11.3 Å². The number of rotatable bonds is 3. The number of nitrogens with one attached hydrogen (secondary N) is 1. The highest BCUT2D eigenvalue weighted by atomic mass is 32.2. The largest absolute Gasteiger partial charge is 0.468 e. The first-order valence-electron chi connectivity index (χ1n) is 5.39. The maximum atomic E-state index is 11.4. The summed E-state index contributed by atoms with van der Waals surface area (Å²) in [6.07, 6.45) is 2.33. The van der Waals surface area contributed by atoms with Gasteiger partial charge < -0.3 is 9.73 Å². The van der Waals surface area contributed by atoms with E-state index >= 15 is 0 Å². The molecule has 1 aromatic rings. The maximum Gasteiger partial charge on any atom is 0.152 e. The van der Waals surface area contributed by atoms with Crippen LogP contribution < -0.4 is 5.32 Å². The van der Waals surface area contributed by atoms with E-state index in [1.165, 1.54) is 0 Å². The number of sulfone groups is 1. The van der Waals surface area contributed by atoms with Gasteiger partial charge in [-0.3, -0.25) is 0 Å². The van der Waals surface area contributed by atoms with Crippen molar-refractivity contribution < 1.29 is 12.8 Å². The molecule has 16 heavy (non-hydrogen) atoms. The SMILES string of the molecule is Cc1ccoc1CNC1(C)CCS(=O)(=O)C1. The van der Waals surface area contributed by atoms with Gasteiger partial charge in [-0.2, -0.15) is 0 Å². The number of hydrogen-bond acceptors (Lipinski definition) is 4. The molecule has 0 radical (unpaired) electrons. The predicted octanol–water partition coefficient (Wildman–Crippen LogP) is 1.25. The van der Waals surface area contributed by atoms with Crippen LogP contribution in [-0.2, 0) is 16.4 Å². The molecule has 1 unspecified atom stereocenters. The molecule has 2 heterocycles. The summed E-state index contributed by atoms with van der Waals surface area (Å²) >= 11 is 0. The molecule has 1 atom stereocenters. The minimum Gasteiger partial charge on any atom is -0.468 e. The van der Waals surface area contributed by atoms with Crippen molar-refractivity contribution in [3.63, 3.8) is 0 Å². The molecule has 0 saturated carbocycles. The molecule has 0 amide bonds. The zero-order chi connectivity index (χ0) is 11.8. The van der Waals surface area contributed by atoms with E-state index < -0.39 is 9.84 Å². The van der Waals surface area contributed by atoms with Crippen LogP contribution >= 0.6 is 0 Å². The highest BCUT2D eigenvalue weighted by Crippen LogP contribution is 2.23. The van der Waals surface area contributed by atoms with Crippen LogP contribution in [0, 0.1) is 6.92 Å². The van der Waals surface area contributed by atoms with Crippen molar-refractivity contribution in [3.8, 4) is 0 Å². The van der Waals surface area contributed by atoms with Gasteiger partial charge in [0.2, 0.25) is 0 Å². The lowest BCUT2D eigenvalue weighted by Crippen LogP contribution is -2.42. The first-order chi connectivity index (χ1) is 7.40. The standard InChI is InChI=1S/C11H17NO3S/c1-9-3-5-15-10(9)7-12-11(2)4-6-16(13,14)8-11/h3,5,12H,4,6-8H2,1-2H3. The number of furan rings is 1. The zero-order valence-electron chi connectivity index (χ0n) is 9.62. The van der Waals surface area contributed by atoms with Crippen LogP contribution in [0.2, 0.25) is 0 Å². The fourth-order valence-corrected chi connectivity index (χ4v) is 4.15. The Labute approximate surface area is 95.9 Å². The minimum atomic E-state index is -2.85. The summed E-state index contributed by atoms with van der Waals surface area (Å²) in [6, 6.07) is 1.91. The zero-order valence-corrected chi connectivity index (χ0v) is 10.4.